The summed E-state index contributed by atoms with van der Waals surface area (Å²) in [6.45, 7) is 1.29. The molecule has 0 aromatic carbocycles. The van der Waals surface area contributed by atoms with E-state index in [1.54, 1.807) is 11.0 Å². The topological polar surface area (TPSA) is 49.7 Å². The summed E-state index contributed by atoms with van der Waals surface area (Å²) in [6.07, 6.45) is 13.8. The van der Waals surface area contributed by atoms with E-state index < -0.39 is 0 Å². The van der Waals surface area contributed by atoms with Crippen LogP contribution < -0.4 is 4.57 Å². The second-order valence-electron chi connectivity index (χ2n) is 7.79. The Morgan fingerprint density at radius 2 is 1.88 bits per heavy atom. The summed E-state index contributed by atoms with van der Waals surface area (Å²) in [6, 6.07) is 1.12. The van der Waals surface area contributed by atoms with E-state index in [0.29, 0.717) is 6.04 Å². The van der Waals surface area contributed by atoms with Gasteiger partial charge >= 0.3 is 5.95 Å². The molecule has 3 rings (SSSR count). The molecular weight excluding hydrogens is 300 g/mol. The summed E-state index contributed by atoms with van der Waals surface area (Å²) in [5, 5.41) is 13.2. The number of rotatable bonds is 5. The molecule has 134 valence electrons. The smallest absolute Gasteiger partial charge is 0.303 e. The molecule has 0 bridgehead atoms. The minimum Gasteiger partial charge on any atom is -0.303 e. The maximum absolute atomic E-state index is 4.58. The molecule has 0 radical (unpaired) electrons. The van der Waals surface area contributed by atoms with Crippen LogP contribution in [0.15, 0.2) is 16.6 Å². The molecule has 0 N–H and O–H groups in total. The zero-order valence-electron chi connectivity index (χ0n) is 15.6. The van der Waals surface area contributed by atoms with Crippen LogP contribution in [0, 0.1) is 5.92 Å². The van der Waals surface area contributed by atoms with Crippen LogP contribution in [0.3, 0.4) is 0 Å². The summed E-state index contributed by atoms with van der Waals surface area (Å²) >= 11 is 0. The molecule has 2 saturated carbocycles. The van der Waals surface area contributed by atoms with Gasteiger partial charge in [-0.3, -0.25) is 0 Å². The summed E-state index contributed by atoms with van der Waals surface area (Å²) < 4.78 is 3.68. The zero-order valence-corrected chi connectivity index (χ0v) is 15.6. The standard InChI is InChI=1S/C18H33N6/c1-22(13-15-7-5-4-6-8-15)17-11-9-16(10-12-17)20-21-18-23(2)14-19-24(18)3/h14-17H,4-13H2,1-3H3/q+1. The highest BCUT2D eigenvalue weighted by atomic mass is 15.4. The lowest BCUT2D eigenvalue weighted by atomic mass is 9.87. The number of nitrogens with zero attached hydrogens (tertiary/aromatic N) is 6. The fraction of sp³-hybridized carbons (Fsp3) is 0.889. The highest BCUT2D eigenvalue weighted by Gasteiger charge is 2.26. The van der Waals surface area contributed by atoms with Gasteiger partial charge in [0.05, 0.1) is 20.1 Å². The van der Waals surface area contributed by atoms with Crippen LogP contribution in [0.25, 0.3) is 0 Å². The molecule has 1 aromatic rings. The Morgan fingerprint density at radius 1 is 1.17 bits per heavy atom. The van der Waals surface area contributed by atoms with Crippen molar-refractivity contribution in [1.82, 2.24) is 14.7 Å². The Kier molecular flexibility index (Phi) is 5.98. The second-order valence-corrected chi connectivity index (χ2v) is 7.79. The number of azo groups is 1. The fourth-order valence-corrected chi connectivity index (χ4v) is 4.30. The van der Waals surface area contributed by atoms with Gasteiger partial charge in [-0.05, 0) is 56.6 Å². The van der Waals surface area contributed by atoms with Crippen LogP contribution in [0.1, 0.15) is 57.8 Å². The van der Waals surface area contributed by atoms with Crippen molar-refractivity contribution in [2.75, 3.05) is 13.6 Å². The van der Waals surface area contributed by atoms with Gasteiger partial charge in [0.15, 0.2) is 0 Å². The molecule has 0 atom stereocenters. The Labute approximate surface area is 146 Å². The van der Waals surface area contributed by atoms with E-state index in [0.717, 1.165) is 30.7 Å². The number of aromatic nitrogens is 3. The van der Waals surface area contributed by atoms with Crippen LogP contribution in [0.4, 0.5) is 5.95 Å². The van der Waals surface area contributed by atoms with E-state index in [-0.39, 0.29) is 0 Å². The van der Waals surface area contributed by atoms with Gasteiger partial charge in [0.25, 0.3) is 0 Å². The summed E-state index contributed by atoms with van der Waals surface area (Å²) in [7, 11) is 6.20. The summed E-state index contributed by atoms with van der Waals surface area (Å²) in [5.41, 5.74) is 0. The maximum atomic E-state index is 4.58. The first-order chi connectivity index (χ1) is 11.6. The Hall–Kier alpha value is -1.30. The lowest BCUT2D eigenvalue weighted by molar-refractivity contribution is -0.659. The van der Waals surface area contributed by atoms with Crippen molar-refractivity contribution in [3.63, 3.8) is 0 Å². The van der Waals surface area contributed by atoms with Gasteiger partial charge < -0.3 is 4.90 Å². The largest absolute Gasteiger partial charge is 0.402 e. The number of hydrogen-bond donors (Lipinski definition) is 0. The van der Waals surface area contributed by atoms with E-state index in [9.17, 15) is 0 Å². The highest BCUT2D eigenvalue weighted by Crippen LogP contribution is 2.29. The maximum Gasteiger partial charge on any atom is 0.402 e. The molecule has 6 nitrogen and oxygen atoms in total. The van der Waals surface area contributed by atoms with E-state index in [2.05, 4.69) is 27.3 Å². The molecule has 0 saturated heterocycles. The summed E-state index contributed by atoms with van der Waals surface area (Å²) in [4.78, 5) is 2.63. The minimum atomic E-state index is 0.374. The average molecular weight is 334 g/mol. The van der Waals surface area contributed by atoms with Crippen LogP contribution in [0.5, 0.6) is 0 Å². The molecule has 2 fully saturated rings. The van der Waals surface area contributed by atoms with Crippen LogP contribution in [-0.2, 0) is 14.1 Å². The molecule has 1 heterocycles. The Balaban J connectivity index is 1.45. The Morgan fingerprint density at radius 3 is 2.50 bits per heavy atom. The number of aryl methyl sites for hydroxylation is 2. The highest BCUT2D eigenvalue weighted by molar-refractivity contribution is 5.01. The third-order valence-electron chi connectivity index (χ3n) is 5.87. The minimum absolute atomic E-state index is 0.374. The van der Waals surface area contributed by atoms with Crippen molar-refractivity contribution in [2.24, 2.45) is 30.2 Å². The van der Waals surface area contributed by atoms with E-state index in [1.165, 1.54) is 51.5 Å². The fourth-order valence-electron chi connectivity index (χ4n) is 4.30. The van der Waals surface area contributed by atoms with E-state index in [4.69, 9.17) is 0 Å². The van der Waals surface area contributed by atoms with Crippen molar-refractivity contribution in [3.8, 4) is 0 Å². The van der Waals surface area contributed by atoms with Crippen molar-refractivity contribution >= 4 is 5.95 Å². The second kappa shape index (κ2) is 8.19. The normalized spacial score (nSPS) is 26.5. The first kappa shape index (κ1) is 17.5. The quantitative estimate of drug-likeness (QED) is 0.614. The molecule has 0 amide bonds. The van der Waals surface area contributed by atoms with E-state index >= 15 is 0 Å². The van der Waals surface area contributed by atoms with Gasteiger partial charge in [-0.15, -0.1) is 9.80 Å². The zero-order chi connectivity index (χ0) is 16.9. The SMILES string of the molecule is CN(CC1CCCCC1)C1CCC(N=Nc2n(C)nc[n+]2C)CC1. The third kappa shape index (κ3) is 4.41. The predicted octanol–water partition coefficient (Wildman–Crippen LogP) is 3.15. The van der Waals surface area contributed by atoms with Crippen molar-refractivity contribution in [3.05, 3.63) is 6.33 Å². The lowest BCUT2D eigenvalue weighted by Crippen LogP contribution is -2.39. The predicted molar refractivity (Wildman–Crippen MR) is 94.1 cm³/mol. The molecule has 0 spiro atoms. The molecular formula is C18H33N6+. The molecule has 1 aromatic heterocycles. The van der Waals surface area contributed by atoms with Crippen LogP contribution in [-0.4, -0.2) is 40.4 Å². The molecule has 2 aliphatic rings. The van der Waals surface area contributed by atoms with Gasteiger partial charge in [0, 0.05) is 17.7 Å². The van der Waals surface area contributed by atoms with Gasteiger partial charge in [0.1, 0.15) is 0 Å². The molecule has 6 heteroatoms. The van der Waals surface area contributed by atoms with Crippen LogP contribution >= 0.6 is 0 Å². The third-order valence-corrected chi connectivity index (χ3v) is 5.87. The molecule has 2 aliphatic carbocycles. The van der Waals surface area contributed by atoms with Crippen LogP contribution in [0.2, 0.25) is 0 Å². The lowest BCUT2D eigenvalue weighted by Gasteiger charge is -2.36. The average Bonchev–Trinajstić information content (AvgIpc) is 2.92. The molecule has 0 unspecified atom stereocenters. The molecule has 24 heavy (non-hydrogen) atoms. The van der Waals surface area contributed by atoms with Gasteiger partial charge in [-0.25, -0.2) is 4.57 Å². The van der Waals surface area contributed by atoms with E-state index in [1.807, 2.05) is 18.7 Å². The van der Waals surface area contributed by atoms with Gasteiger partial charge in [-0.2, -0.15) is 0 Å². The van der Waals surface area contributed by atoms with Crippen molar-refractivity contribution in [1.29, 1.82) is 0 Å². The number of hydrogen-bond acceptors (Lipinski definition) is 4. The van der Waals surface area contributed by atoms with Gasteiger partial charge in [-0.1, -0.05) is 19.3 Å². The van der Waals surface area contributed by atoms with Gasteiger partial charge in [0.2, 0.25) is 6.33 Å². The monoisotopic (exact) mass is 333 g/mol. The first-order valence-electron chi connectivity index (χ1n) is 9.62. The molecule has 0 aliphatic heterocycles. The Bertz CT molecular complexity index is 518. The van der Waals surface area contributed by atoms with Crippen molar-refractivity contribution < 1.29 is 4.57 Å². The van der Waals surface area contributed by atoms with Crippen molar-refractivity contribution in [2.45, 2.75) is 69.9 Å². The first-order valence-corrected chi connectivity index (χ1v) is 9.62. The summed E-state index contributed by atoms with van der Waals surface area (Å²) in [5.74, 6) is 1.75.